The van der Waals surface area contributed by atoms with E-state index in [1.165, 1.54) is 11.1 Å². The summed E-state index contributed by atoms with van der Waals surface area (Å²) in [5.41, 5.74) is 1.45. The zero-order chi connectivity index (χ0) is 44.2. The average Bonchev–Trinajstić information content (AvgIpc) is 3.68. The molecule has 0 aromatic heterocycles. The average molecular weight is 817 g/mol. The first-order valence-electron chi connectivity index (χ1n) is 23.1. The van der Waals surface area contributed by atoms with Crippen LogP contribution >= 0.6 is 0 Å². The van der Waals surface area contributed by atoms with Crippen molar-refractivity contribution in [2.75, 3.05) is 0 Å². The molecule has 324 valence electrons. The van der Waals surface area contributed by atoms with E-state index in [9.17, 15) is 29.4 Å². The highest BCUT2D eigenvalue weighted by Gasteiger charge is 2.69. The molecule has 0 saturated heterocycles. The van der Waals surface area contributed by atoms with Crippen molar-refractivity contribution in [2.45, 2.75) is 121 Å². The van der Waals surface area contributed by atoms with Crippen LogP contribution < -0.4 is 0 Å². The van der Waals surface area contributed by atoms with Crippen molar-refractivity contribution in [3.8, 4) is 0 Å². The first-order valence-corrected chi connectivity index (χ1v) is 23.1. The number of aliphatic carboxylic acids is 2. The summed E-state index contributed by atoms with van der Waals surface area (Å²) in [6.45, 7) is 20.6. The van der Waals surface area contributed by atoms with Gasteiger partial charge in [0.25, 0.3) is 0 Å². The van der Waals surface area contributed by atoms with Gasteiger partial charge in [0.15, 0.2) is 0 Å². The zero-order valence-corrected chi connectivity index (χ0v) is 38.0. The molecule has 2 N–H and O–H groups in total. The van der Waals surface area contributed by atoms with Gasteiger partial charge in [0.05, 0.1) is 10.8 Å². The van der Waals surface area contributed by atoms with E-state index in [1.54, 1.807) is 0 Å². The van der Waals surface area contributed by atoms with Crippen LogP contribution in [0.5, 0.6) is 0 Å². The Morgan fingerprint density at radius 3 is 1.13 bits per heavy atom. The molecule has 2 aromatic rings. The largest absolute Gasteiger partial charge is 0.481 e. The fourth-order valence-corrected chi connectivity index (χ4v) is 13.4. The van der Waals surface area contributed by atoms with Crippen LogP contribution in [-0.4, -0.2) is 33.7 Å². The van der Waals surface area contributed by atoms with Crippen LogP contribution in [0, 0.1) is 69.0 Å². The molecule has 2 saturated carbocycles. The minimum Gasteiger partial charge on any atom is -0.481 e. The minimum atomic E-state index is -0.989. The second kappa shape index (κ2) is 18.7. The first-order chi connectivity index (χ1) is 28.7. The van der Waals surface area contributed by atoms with Gasteiger partial charge in [-0.2, -0.15) is 0 Å². The molecule has 0 radical (unpaired) electrons. The smallest absolute Gasteiger partial charge is 0.311 e. The van der Waals surface area contributed by atoms with Gasteiger partial charge in [-0.25, -0.2) is 0 Å². The number of ketones is 2. The van der Waals surface area contributed by atoms with Crippen LogP contribution in [0.2, 0.25) is 0 Å². The van der Waals surface area contributed by atoms with Gasteiger partial charge < -0.3 is 10.2 Å². The molecule has 6 rings (SSSR count). The molecule has 0 amide bonds. The predicted octanol–water partition coefficient (Wildman–Crippen LogP) is 12.8. The van der Waals surface area contributed by atoms with E-state index in [4.69, 9.17) is 0 Å². The van der Waals surface area contributed by atoms with Crippen LogP contribution in [-0.2, 0) is 19.2 Å². The lowest BCUT2D eigenvalue weighted by Crippen LogP contribution is -2.56. The van der Waals surface area contributed by atoms with Gasteiger partial charge in [-0.3, -0.25) is 19.2 Å². The molecule has 0 aliphatic heterocycles. The van der Waals surface area contributed by atoms with Crippen LogP contribution in [0.4, 0.5) is 0 Å². The van der Waals surface area contributed by atoms with Gasteiger partial charge >= 0.3 is 11.9 Å². The van der Waals surface area contributed by atoms with E-state index in [-0.39, 0.29) is 58.9 Å². The third-order valence-electron chi connectivity index (χ3n) is 16.4. The molecule has 12 atom stereocenters. The minimum absolute atomic E-state index is 0.0355. The Balaban J connectivity index is 0.000000228. The van der Waals surface area contributed by atoms with Crippen LogP contribution in [0.1, 0.15) is 132 Å². The van der Waals surface area contributed by atoms with E-state index in [0.717, 1.165) is 24.0 Å². The lowest BCUT2D eigenvalue weighted by molar-refractivity contribution is -0.166. The Morgan fingerprint density at radius 1 is 0.550 bits per heavy atom. The normalized spacial score (nSPS) is 36.0. The SMILES string of the molecule is CCC1=C[C@](/C=C/c2ccccc2)(CC)[C@@](CC)(C(=O)O)[C@H]2[C@H]1[C@@H](C)C(=O)[C@@H]2CC.CCC1=C[C@](/C=C/c2ccccc2)(CC)[C@@](CC)(C(=O)O)[C@H]2[C@H]1[C@@H](C)C(=O)[C@@H]2CC. The van der Waals surface area contributed by atoms with E-state index >= 15 is 0 Å². The zero-order valence-electron chi connectivity index (χ0n) is 38.0. The molecule has 0 spiro atoms. The second-order valence-corrected chi connectivity index (χ2v) is 18.2. The molecule has 6 nitrogen and oxygen atoms in total. The Morgan fingerprint density at radius 2 is 0.883 bits per heavy atom. The van der Waals surface area contributed by atoms with E-state index in [1.807, 2.05) is 102 Å². The molecule has 2 aromatic carbocycles. The number of carboxylic acid groups (broad SMARTS) is 2. The molecule has 0 heterocycles. The van der Waals surface area contributed by atoms with Crippen LogP contribution in [0.25, 0.3) is 12.2 Å². The van der Waals surface area contributed by atoms with Gasteiger partial charge in [0.1, 0.15) is 11.6 Å². The van der Waals surface area contributed by atoms with Crippen molar-refractivity contribution >= 4 is 35.7 Å². The molecule has 4 aliphatic carbocycles. The lowest BCUT2D eigenvalue weighted by atomic mass is 9.46. The van der Waals surface area contributed by atoms with E-state index < -0.39 is 33.6 Å². The quantitative estimate of drug-likeness (QED) is 0.184. The van der Waals surface area contributed by atoms with E-state index in [0.29, 0.717) is 38.5 Å². The highest BCUT2D eigenvalue weighted by molar-refractivity contribution is 5.91. The maximum atomic E-state index is 13.2. The first kappa shape index (κ1) is 46.7. The molecule has 0 bridgehead atoms. The molecule has 6 heteroatoms. The van der Waals surface area contributed by atoms with Crippen LogP contribution in [0.3, 0.4) is 0 Å². The number of fused-ring (bicyclic) bond motifs is 2. The number of benzene rings is 2. The van der Waals surface area contributed by atoms with Gasteiger partial charge in [-0.15, -0.1) is 0 Å². The van der Waals surface area contributed by atoms with Crippen molar-refractivity contribution in [1.29, 1.82) is 0 Å². The monoisotopic (exact) mass is 817 g/mol. The van der Waals surface area contributed by atoms with Gasteiger partial charge in [0.2, 0.25) is 0 Å². The number of hydrogen-bond acceptors (Lipinski definition) is 4. The number of Topliss-reactive ketones (excluding diaryl/α,β-unsaturated/α-hetero) is 2. The van der Waals surface area contributed by atoms with Crippen molar-refractivity contribution in [1.82, 2.24) is 0 Å². The van der Waals surface area contributed by atoms with Crippen molar-refractivity contribution in [3.05, 3.63) is 107 Å². The third-order valence-corrected chi connectivity index (χ3v) is 16.4. The van der Waals surface area contributed by atoms with E-state index in [2.05, 4.69) is 64.2 Å². The van der Waals surface area contributed by atoms with Crippen molar-refractivity contribution in [3.63, 3.8) is 0 Å². The fourth-order valence-electron chi connectivity index (χ4n) is 13.4. The summed E-state index contributed by atoms with van der Waals surface area (Å²) in [4.78, 5) is 52.7. The standard InChI is InChI=1S/2C27H36O3/c2*1-6-20-17-26(8-3,16-15-19-13-11-10-12-14-19)27(9-4,25(29)30)23-21(7-2)24(28)18(5)22(20)23/h2*10-18,21-23H,6-9H2,1-5H3,(H,29,30)/b2*16-15+/t2*18-,21-,22+,23-,26-,27-/m11/s1. The fraction of sp³-hybridized carbons (Fsp3) is 0.556. The maximum Gasteiger partial charge on any atom is 0.311 e. The molecule has 2 fully saturated rings. The summed E-state index contributed by atoms with van der Waals surface area (Å²) in [6.07, 6.45) is 18.4. The summed E-state index contributed by atoms with van der Waals surface area (Å²) >= 11 is 0. The van der Waals surface area contributed by atoms with Crippen molar-refractivity contribution < 1.29 is 29.4 Å². The Kier molecular flexibility index (Phi) is 14.6. The van der Waals surface area contributed by atoms with Gasteiger partial charge in [-0.1, -0.05) is 178 Å². The Hall–Kier alpha value is -4.32. The summed E-state index contributed by atoms with van der Waals surface area (Å²) in [5, 5.41) is 21.5. The highest BCUT2D eigenvalue weighted by Crippen LogP contribution is 2.67. The topological polar surface area (TPSA) is 109 Å². The third kappa shape index (κ3) is 7.22. The number of carbonyl (C=O) groups excluding carboxylic acids is 2. The summed E-state index contributed by atoms with van der Waals surface area (Å²) in [6, 6.07) is 20.1. The molecule has 4 aliphatic rings. The number of rotatable bonds is 14. The molecular formula is C54H72O6. The Labute approximate surface area is 360 Å². The summed E-state index contributed by atoms with van der Waals surface area (Å²) < 4.78 is 0. The maximum absolute atomic E-state index is 13.2. The van der Waals surface area contributed by atoms with Crippen molar-refractivity contribution in [2.24, 2.45) is 69.0 Å². The number of allylic oxidation sites excluding steroid dienone is 6. The molecular weight excluding hydrogens is 745 g/mol. The summed E-state index contributed by atoms with van der Waals surface area (Å²) in [5.74, 6) is -1.84. The summed E-state index contributed by atoms with van der Waals surface area (Å²) in [7, 11) is 0. The molecule has 0 unspecified atom stereocenters. The predicted molar refractivity (Wildman–Crippen MR) is 244 cm³/mol. The number of carbonyl (C=O) groups is 4. The van der Waals surface area contributed by atoms with Gasteiger partial charge in [0, 0.05) is 34.5 Å². The van der Waals surface area contributed by atoms with Gasteiger partial charge in [-0.05, 0) is 86.2 Å². The Bertz CT molecular complexity index is 1850. The number of hydrogen-bond donors (Lipinski definition) is 2. The lowest BCUT2D eigenvalue weighted by Gasteiger charge is -2.55. The number of carboxylic acids is 2. The second-order valence-electron chi connectivity index (χ2n) is 18.2. The van der Waals surface area contributed by atoms with Crippen LogP contribution in [0.15, 0.2) is 96.1 Å². The highest BCUT2D eigenvalue weighted by atomic mass is 16.4. The molecule has 60 heavy (non-hydrogen) atoms.